The Bertz CT molecular complexity index is 391. The second kappa shape index (κ2) is 7.66. The van der Waals surface area contributed by atoms with E-state index in [1.165, 1.54) is 0 Å². The van der Waals surface area contributed by atoms with Crippen molar-refractivity contribution in [2.75, 3.05) is 35.2 Å². The van der Waals surface area contributed by atoms with Gasteiger partial charge in [0.1, 0.15) is 12.9 Å². The topological polar surface area (TPSA) is 46.2 Å². The molecule has 0 N–H and O–H groups in total. The molecule has 0 bridgehead atoms. The number of hydrogen-bond acceptors (Lipinski definition) is 5. The zero-order chi connectivity index (χ0) is 14.3. The molecule has 0 aliphatic carbocycles. The fourth-order valence-corrected chi connectivity index (χ4v) is 1.71. The molecule has 0 saturated carbocycles. The van der Waals surface area contributed by atoms with Gasteiger partial charge in [0.25, 0.3) is 0 Å². The van der Waals surface area contributed by atoms with Gasteiger partial charge >= 0.3 is 0 Å². The zero-order valence-electron chi connectivity index (χ0n) is 11.8. The van der Waals surface area contributed by atoms with E-state index in [2.05, 4.69) is 6.58 Å². The minimum absolute atomic E-state index is 0.174. The van der Waals surface area contributed by atoms with Gasteiger partial charge < -0.3 is 23.7 Å². The Morgan fingerprint density at radius 1 is 1.05 bits per heavy atom. The van der Waals surface area contributed by atoms with E-state index in [1.54, 1.807) is 34.5 Å². The molecule has 5 nitrogen and oxygen atoms in total. The Hall–Kier alpha value is -1.72. The lowest BCUT2D eigenvalue weighted by Crippen LogP contribution is -2.05. The van der Waals surface area contributed by atoms with Crippen molar-refractivity contribution in [3.8, 4) is 17.2 Å². The van der Waals surface area contributed by atoms with Gasteiger partial charge in [-0.1, -0.05) is 6.08 Å². The van der Waals surface area contributed by atoms with Gasteiger partial charge in [0.2, 0.25) is 5.75 Å². The van der Waals surface area contributed by atoms with Crippen LogP contribution < -0.4 is 14.2 Å². The molecule has 1 unspecified atom stereocenters. The standard InChI is InChI=1S/C14H20O5/c1-6-11(19-9-15-2)10-7-12(16-3)14(18-5)13(8-10)17-4/h6-8,11H,1,9H2,2-5H3. The van der Waals surface area contributed by atoms with Gasteiger partial charge in [0.15, 0.2) is 11.5 Å². The molecule has 1 atom stereocenters. The smallest absolute Gasteiger partial charge is 0.203 e. The summed E-state index contributed by atoms with van der Waals surface area (Å²) in [6.45, 7) is 3.92. The van der Waals surface area contributed by atoms with Crippen molar-refractivity contribution in [2.45, 2.75) is 6.10 Å². The first-order chi connectivity index (χ1) is 9.21. The van der Waals surface area contributed by atoms with Crippen molar-refractivity contribution in [3.63, 3.8) is 0 Å². The molecule has 0 aliphatic heterocycles. The highest BCUT2D eigenvalue weighted by atomic mass is 16.7. The molecule has 106 valence electrons. The van der Waals surface area contributed by atoms with E-state index in [4.69, 9.17) is 23.7 Å². The van der Waals surface area contributed by atoms with Gasteiger partial charge in [-0.3, -0.25) is 0 Å². The number of ether oxygens (including phenoxy) is 5. The van der Waals surface area contributed by atoms with Crippen LogP contribution in [0.5, 0.6) is 17.2 Å². The number of hydrogen-bond donors (Lipinski definition) is 0. The second-order valence-corrected chi connectivity index (χ2v) is 3.69. The quantitative estimate of drug-likeness (QED) is 0.535. The van der Waals surface area contributed by atoms with Crippen molar-refractivity contribution < 1.29 is 23.7 Å². The third kappa shape index (κ3) is 3.62. The van der Waals surface area contributed by atoms with Crippen LogP contribution in [0.2, 0.25) is 0 Å². The van der Waals surface area contributed by atoms with Crippen molar-refractivity contribution in [1.82, 2.24) is 0 Å². The Labute approximate surface area is 113 Å². The first-order valence-corrected chi connectivity index (χ1v) is 5.74. The highest BCUT2D eigenvalue weighted by molar-refractivity contribution is 5.54. The van der Waals surface area contributed by atoms with Crippen LogP contribution in [0.25, 0.3) is 0 Å². The van der Waals surface area contributed by atoms with Crippen LogP contribution in [0.3, 0.4) is 0 Å². The van der Waals surface area contributed by atoms with Crippen molar-refractivity contribution in [1.29, 1.82) is 0 Å². The summed E-state index contributed by atoms with van der Waals surface area (Å²) < 4.78 is 26.3. The largest absolute Gasteiger partial charge is 0.493 e. The molecule has 1 aromatic carbocycles. The fraction of sp³-hybridized carbons (Fsp3) is 0.429. The monoisotopic (exact) mass is 268 g/mol. The Balaban J connectivity index is 3.16. The third-order valence-corrected chi connectivity index (χ3v) is 2.60. The summed E-state index contributed by atoms with van der Waals surface area (Å²) in [5, 5.41) is 0. The number of methoxy groups -OCH3 is 4. The molecule has 0 heterocycles. The van der Waals surface area contributed by atoms with Crippen LogP contribution in [0.15, 0.2) is 24.8 Å². The van der Waals surface area contributed by atoms with Gasteiger partial charge in [-0.05, 0) is 17.7 Å². The van der Waals surface area contributed by atoms with Crippen LogP contribution in [0.4, 0.5) is 0 Å². The molecule has 0 amide bonds. The maximum Gasteiger partial charge on any atom is 0.203 e. The third-order valence-electron chi connectivity index (χ3n) is 2.60. The molecule has 19 heavy (non-hydrogen) atoms. The van der Waals surface area contributed by atoms with Gasteiger partial charge in [0, 0.05) is 7.11 Å². The minimum Gasteiger partial charge on any atom is -0.493 e. The molecular formula is C14H20O5. The van der Waals surface area contributed by atoms with E-state index in [0.29, 0.717) is 17.2 Å². The van der Waals surface area contributed by atoms with Gasteiger partial charge in [0.05, 0.1) is 21.3 Å². The Kier molecular flexibility index (Phi) is 6.18. The van der Waals surface area contributed by atoms with Gasteiger partial charge in [-0.25, -0.2) is 0 Å². The minimum atomic E-state index is -0.311. The predicted molar refractivity (Wildman–Crippen MR) is 72.0 cm³/mol. The summed E-state index contributed by atoms with van der Waals surface area (Å²) in [7, 11) is 6.27. The van der Waals surface area contributed by atoms with Crippen molar-refractivity contribution in [3.05, 3.63) is 30.4 Å². The van der Waals surface area contributed by atoms with Crippen LogP contribution in [0.1, 0.15) is 11.7 Å². The molecule has 0 spiro atoms. The van der Waals surface area contributed by atoms with E-state index in [1.807, 2.05) is 12.1 Å². The summed E-state index contributed by atoms with van der Waals surface area (Å²) in [6.07, 6.45) is 1.37. The van der Waals surface area contributed by atoms with Crippen molar-refractivity contribution >= 4 is 0 Å². The molecule has 0 radical (unpaired) electrons. The summed E-state index contributed by atoms with van der Waals surface area (Å²) >= 11 is 0. The van der Waals surface area contributed by atoms with Crippen LogP contribution in [0, 0.1) is 0 Å². The average molecular weight is 268 g/mol. The summed E-state index contributed by atoms with van der Waals surface area (Å²) in [6, 6.07) is 3.65. The first kappa shape index (κ1) is 15.3. The van der Waals surface area contributed by atoms with Gasteiger partial charge in [-0.15, -0.1) is 6.58 Å². The normalized spacial score (nSPS) is 11.8. The van der Waals surface area contributed by atoms with Crippen LogP contribution in [-0.2, 0) is 9.47 Å². The summed E-state index contributed by atoms with van der Waals surface area (Å²) in [5.74, 6) is 1.69. The van der Waals surface area contributed by atoms with Gasteiger partial charge in [-0.2, -0.15) is 0 Å². The van der Waals surface area contributed by atoms with Crippen molar-refractivity contribution in [2.24, 2.45) is 0 Å². The number of rotatable bonds is 8. The van der Waals surface area contributed by atoms with E-state index < -0.39 is 0 Å². The lowest BCUT2D eigenvalue weighted by atomic mass is 10.1. The molecule has 5 heteroatoms. The Morgan fingerprint density at radius 2 is 1.63 bits per heavy atom. The second-order valence-electron chi connectivity index (χ2n) is 3.69. The SMILES string of the molecule is C=CC(OCOC)c1cc(OC)c(OC)c(OC)c1. The maximum atomic E-state index is 5.51. The summed E-state index contributed by atoms with van der Waals surface area (Å²) in [5.41, 5.74) is 0.849. The van der Waals surface area contributed by atoms with E-state index in [9.17, 15) is 0 Å². The molecule has 0 aliphatic rings. The van der Waals surface area contributed by atoms with E-state index >= 15 is 0 Å². The molecular weight excluding hydrogens is 248 g/mol. The lowest BCUT2D eigenvalue weighted by Gasteiger charge is -2.18. The molecule has 0 aromatic heterocycles. The zero-order valence-corrected chi connectivity index (χ0v) is 11.8. The van der Waals surface area contributed by atoms with E-state index in [-0.39, 0.29) is 12.9 Å². The highest BCUT2D eigenvalue weighted by Crippen LogP contribution is 2.40. The lowest BCUT2D eigenvalue weighted by molar-refractivity contribution is -0.0566. The average Bonchev–Trinajstić information content (AvgIpc) is 2.46. The number of benzene rings is 1. The fourth-order valence-electron chi connectivity index (χ4n) is 1.71. The molecule has 0 fully saturated rings. The summed E-state index contributed by atoms with van der Waals surface area (Å²) in [4.78, 5) is 0. The first-order valence-electron chi connectivity index (χ1n) is 5.74. The Morgan fingerprint density at radius 3 is 2.00 bits per heavy atom. The van der Waals surface area contributed by atoms with Crippen LogP contribution in [-0.4, -0.2) is 35.2 Å². The molecule has 1 rings (SSSR count). The highest BCUT2D eigenvalue weighted by Gasteiger charge is 2.17. The molecule has 0 saturated heterocycles. The van der Waals surface area contributed by atoms with E-state index in [0.717, 1.165) is 5.56 Å². The maximum absolute atomic E-state index is 5.51. The van der Waals surface area contributed by atoms with Crippen LogP contribution >= 0.6 is 0 Å². The predicted octanol–water partition coefficient (Wildman–Crippen LogP) is 2.56. The molecule has 1 aromatic rings.